The second kappa shape index (κ2) is 9.73. The molecule has 0 aliphatic heterocycles. The van der Waals surface area contributed by atoms with E-state index in [4.69, 9.17) is 4.74 Å². The van der Waals surface area contributed by atoms with Gasteiger partial charge in [0.1, 0.15) is 5.75 Å². The highest BCUT2D eigenvalue weighted by Gasteiger charge is 2.02. The number of thioether (sulfide) groups is 1. The summed E-state index contributed by atoms with van der Waals surface area (Å²) < 4.78 is 5.09. The topological polar surface area (TPSA) is 38.3 Å². The zero-order valence-electron chi connectivity index (χ0n) is 11.8. The molecule has 1 aromatic carbocycles. The number of methoxy groups -OCH3 is 1. The van der Waals surface area contributed by atoms with E-state index in [0.717, 1.165) is 23.6 Å². The van der Waals surface area contributed by atoms with E-state index < -0.39 is 0 Å². The summed E-state index contributed by atoms with van der Waals surface area (Å²) in [5, 5.41) is 2.95. The van der Waals surface area contributed by atoms with E-state index >= 15 is 0 Å². The van der Waals surface area contributed by atoms with E-state index in [1.165, 1.54) is 19.3 Å². The maximum Gasteiger partial charge on any atom is 0.230 e. The Morgan fingerprint density at radius 2 is 1.95 bits per heavy atom. The fraction of sp³-hybridized carbons (Fsp3) is 0.533. The molecule has 0 fully saturated rings. The SMILES string of the molecule is CCCCCCNC(=O)CSc1ccc(OC)cc1. The van der Waals surface area contributed by atoms with Crippen molar-refractivity contribution in [3.05, 3.63) is 24.3 Å². The van der Waals surface area contributed by atoms with Crippen molar-refractivity contribution in [3.63, 3.8) is 0 Å². The molecule has 4 heteroatoms. The first-order valence-corrected chi connectivity index (χ1v) is 7.78. The van der Waals surface area contributed by atoms with Crippen molar-refractivity contribution in [2.75, 3.05) is 19.4 Å². The lowest BCUT2D eigenvalue weighted by Gasteiger charge is -2.05. The summed E-state index contributed by atoms with van der Waals surface area (Å²) in [6, 6.07) is 7.76. The summed E-state index contributed by atoms with van der Waals surface area (Å²) in [6.45, 7) is 2.98. The van der Waals surface area contributed by atoms with Crippen LogP contribution in [0.4, 0.5) is 0 Å². The maximum absolute atomic E-state index is 11.6. The quantitative estimate of drug-likeness (QED) is 0.556. The molecule has 0 unspecified atom stereocenters. The summed E-state index contributed by atoms with van der Waals surface area (Å²) in [5.41, 5.74) is 0. The number of unbranched alkanes of at least 4 members (excludes halogenated alkanes) is 3. The van der Waals surface area contributed by atoms with Crippen LogP contribution in [0.2, 0.25) is 0 Å². The summed E-state index contributed by atoms with van der Waals surface area (Å²) in [6.07, 6.45) is 4.74. The molecule has 1 N–H and O–H groups in total. The van der Waals surface area contributed by atoms with Gasteiger partial charge in [-0.2, -0.15) is 0 Å². The Morgan fingerprint density at radius 3 is 2.58 bits per heavy atom. The maximum atomic E-state index is 11.6. The van der Waals surface area contributed by atoms with Crippen LogP contribution in [0, 0.1) is 0 Å². The number of hydrogen-bond donors (Lipinski definition) is 1. The van der Waals surface area contributed by atoms with Crippen LogP contribution in [0.5, 0.6) is 5.75 Å². The fourth-order valence-electron chi connectivity index (χ4n) is 1.65. The van der Waals surface area contributed by atoms with Gasteiger partial charge in [0, 0.05) is 11.4 Å². The van der Waals surface area contributed by atoms with Crippen molar-refractivity contribution in [1.82, 2.24) is 5.32 Å². The van der Waals surface area contributed by atoms with Crippen LogP contribution in [-0.2, 0) is 4.79 Å². The van der Waals surface area contributed by atoms with Gasteiger partial charge in [-0.05, 0) is 30.7 Å². The molecule has 0 aliphatic rings. The zero-order valence-corrected chi connectivity index (χ0v) is 12.6. The third-order valence-electron chi connectivity index (χ3n) is 2.78. The van der Waals surface area contributed by atoms with Crippen molar-refractivity contribution < 1.29 is 9.53 Å². The van der Waals surface area contributed by atoms with E-state index in [0.29, 0.717) is 5.75 Å². The molecule has 1 aromatic rings. The number of ether oxygens (including phenoxy) is 1. The molecule has 0 saturated heterocycles. The minimum Gasteiger partial charge on any atom is -0.497 e. The second-order valence-corrected chi connectivity index (χ2v) is 5.42. The van der Waals surface area contributed by atoms with Gasteiger partial charge < -0.3 is 10.1 Å². The molecule has 0 radical (unpaired) electrons. The lowest BCUT2D eigenvalue weighted by atomic mass is 10.2. The minimum atomic E-state index is 0.109. The molecule has 0 heterocycles. The van der Waals surface area contributed by atoms with Gasteiger partial charge in [-0.25, -0.2) is 0 Å². The van der Waals surface area contributed by atoms with E-state index in [1.54, 1.807) is 18.9 Å². The molecule has 1 amide bonds. The zero-order chi connectivity index (χ0) is 13.9. The van der Waals surface area contributed by atoms with E-state index in [1.807, 2.05) is 24.3 Å². The standard InChI is InChI=1S/C15H23NO2S/c1-3-4-5-6-11-16-15(17)12-19-14-9-7-13(18-2)8-10-14/h7-10H,3-6,11-12H2,1-2H3,(H,16,17). The molecule has 0 aromatic heterocycles. The number of carbonyl (C=O) groups is 1. The fourth-order valence-corrected chi connectivity index (χ4v) is 2.38. The monoisotopic (exact) mass is 281 g/mol. The average molecular weight is 281 g/mol. The third-order valence-corrected chi connectivity index (χ3v) is 3.79. The summed E-state index contributed by atoms with van der Waals surface area (Å²) >= 11 is 1.55. The average Bonchev–Trinajstić information content (AvgIpc) is 2.45. The van der Waals surface area contributed by atoms with Gasteiger partial charge in [0.25, 0.3) is 0 Å². The van der Waals surface area contributed by atoms with Gasteiger partial charge >= 0.3 is 0 Å². The molecular formula is C15H23NO2S. The van der Waals surface area contributed by atoms with Gasteiger partial charge in [0.15, 0.2) is 0 Å². The van der Waals surface area contributed by atoms with Crippen molar-refractivity contribution in [2.45, 2.75) is 37.5 Å². The highest BCUT2D eigenvalue weighted by Crippen LogP contribution is 2.20. The van der Waals surface area contributed by atoms with E-state index in [2.05, 4.69) is 12.2 Å². The Bertz CT molecular complexity index is 365. The number of hydrogen-bond acceptors (Lipinski definition) is 3. The van der Waals surface area contributed by atoms with Crippen molar-refractivity contribution >= 4 is 17.7 Å². The van der Waals surface area contributed by atoms with Crippen molar-refractivity contribution in [1.29, 1.82) is 0 Å². The Balaban J connectivity index is 2.15. The molecule has 0 saturated carbocycles. The van der Waals surface area contributed by atoms with Gasteiger partial charge in [0.2, 0.25) is 5.91 Å². The molecule has 19 heavy (non-hydrogen) atoms. The Morgan fingerprint density at radius 1 is 1.21 bits per heavy atom. The van der Waals surface area contributed by atoms with Crippen LogP contribution in [0.1, 0.15) is 32.6 Å². The number of benzene rings is 1. The molecule has 3 nitrogen and oxygen atoms in total. The normalized spacial score (nSPS) is 10.2. The molecule has 0 bridgehead atoms. The summed E-state index contributed by atoms with van der Waals surface area (Å²) in [5.74, 6) is 1.42. The van der Waals surface area contributed by atoms with Crippen LogP contribution >= 0.6 is 11.8 Å². The second-order valence-electron chi connectivity index (χ2n) is 4.37. The first-order chi connectivity index (χ1) is 9.26. The largest absolute Gasteiger partial charge is 0.497 e. The van der Waals surface area contributed by atoms with E-state index in [9.17, 15) is 4.79 Å². The number of carbonyl (C=O) groups excluding carboxylic acids is 1. The molecular weight excluding hydrogens is 258 g/mol. The lowest BCUT2D eigenvalue weighted by Crippen LogP contribution is -2.26. The first kappa shape index (κ1) is 15.9. The summed E-state index contributed by atoms with van der Waals surface area (Å²) in [7, 11) is 1.65. The number of nitrogens with one attached hydrogen (secondary N) is 1. The molecule has 1 rings (SSSR count). The van der Waals surface area contributed by atoms with Gasteiger partial charge in [-0.3, -0.25) is 4.79 Å². The van der Waals surface area contributed by atoms with E-state index in [-0.39, 0.29) is 5.91 Å². The summed E-state index contributed by atoms with van der Waals surface area (Å²) in [4.78, 5) is 12.7. The Kier molecular flexibility index (Phi) is 8.14. The van der Waals surface area contributed by atoms with Gasteiger partial charge in [0.05, 0.1) is 12.9 Å². The highest BCUT2D eigenvalue weighted by molar-refractivity contribution is 8.00. The molecule has 106 valence electrons. The predicted molar refractivity (Wildman–Crippen MR) is 80.9 cm³/mol. The first-order valence-electron chi connectivity index (χ1n) is 6.79. The number of rotatable bonds is 9. The smallest absolute Gasteiger partial charge is 0.230 e. The number of amides is 1. The Hall–Kier alpha value is -1.16. The van der Waals surface area contributed by atoms with Crippen LogP contribution in [0.3, 0.4) is 0 Å². The third kappa shape index (κ3) is 7.11. The van der Waals surface area contributed by atoms with Crippen LogP contribution in [-0.4, -0.2) is 25.3 Å². The van der Waals surface area contributed by atoms with Crippen LogP contribution < -0.4 is 10.1 Å². The lowest BCUT2D eigenvalue weighted by molar-refractivity contribution is -0.118. The predicted octanol–water partition coefficient (Wildman–Crippen LogP) is 3.48. The highest BCUT2D eigenvalue weighted by atomic mass is 32.2. The van der Waals surface area contributed by atoms with Crippen LogP contribution in [0.25, 0.3) is 0 Å². The van der Waals surface area contributed by atoms with Crippen molar-refractivity contribution in [2.24, 2.45) is 0 Å². The van der Waals surface area contributed by atoms with Gasteiger partial charge in [-0.1, -0.05) is 26.2 Å². The molecule has 0 spiro atoms. The van der Waals surface area contributed by atoms with Crippen molar-refractivity contribution in [3.8, 4) is 5.75 Å². The molecule has 0 aliphatic carbocycles. The van der Waals surface area contributed by atoms with Gasteiger partial charge in [-0.15, -0.1) is 11.8 Å². The van der Waals surface area contributed by atoms with Crippen LogP contribution in [0.15, 0.2) is 29.2 Å². The Labute approximate surface area is 120 Å². The minimum absolute atomic E-state index is 0.109. The molecule has 0 atom stereocenters.